The first-order valence-electron chi connectivity index (χ1n) is 7.04. The van der Waals surface area contributed by atoms with Gasteiger partial charge < -0.3 is 4.74 Å². The molecule has 0 radical (unpaired) electrons. The average Bonchev–Trinajstić information content (AvgIpc) is 3.13. The third-order valence-corrected chi connectivity index (χ3v) is 6.94. The number of hydrogen-bond donors (Lipinski definition) is 1. The standard InChI is InChI=1S/C15H14N2O4S3/c1-3-21-14(18)11-8-22-15(16-11)17-24(19,20)13-7-10-6-9(2)4-5-12(10)23-13/h4-8H,3H2,1-2H3,(H,16,17). The van der Waals surface area contributed by atoms with Crippen molar-refractivity contribution in [2.75, 3.05) is 11.3 Å². The quantitative estimate of drug-likeness (QED) is 0.681. The molecule has 0 saturated carbocycles. The van der Waals surface area contributed by atoms with E-state index in [0.717, 1.165) is 27.0 Å². The summed E-state index contributed by atoms with van der Waals surface area (Å²) >= 11 is 2.23. The number of carbonyl (C=O) groups is 1. The molecule has 3 aromatic rings. The first kappa shape index (κ1) is 16.9. The molecule has 0 bridgehead atoms. The second-order valence-corrected chi connectivity index (χ2v) is 8.82. The Bertz CT molecular complexity index is 1000. The lowest BCUT2D eigenvalue weighted by atomic mass is 10.2. The zero-order valence-corrected chi connectivity index (χ0v) is 15.3. The molecule has 0 aliphatic rings. The highest BCUT2D eigenvalue weighted by Crippen LogP contribution is 2.31. The molecule has 0 fully saturated rings. The van der Waals surface area contributed by atoms with E-state index in [1.165, 1.54) is 16.7 Å². The number of fused-ring (bicyclic) bond motifs is 1. The van der Waals surface area contributed by atoms with Crippen molar-refractivity contribution in [3.05, 3.63) is 40.9 Å². The van der Waals surface area contributed by atoms with Crippen molar-refractivity contribution in [1.82, 2.24) is 4.98 Å². The molecule has 9 heteroatoms. The molecule has 126 valence electrons. The van der Waals surface area contributed by atoms with Crippen LogP contribution in [0.1, 0.15) is 23.0 Å². The molecule has 0 saturated heterocycles. The average molecular weight is 382 g/mol. The normalized spacial score (nSPS) is 11.6. The number of benzene rings is 1. The van der Waals surface area contributed by atoms with E-state index < -0.39 is 16.0 Å². The minimum absolute atomic E-state index is 0.0894. The second kappa shape index (κ2) is 6.50. The van der Waals surface area contributed by atoms with Crippen molar-refractivity contribution in [1.29, 1.82) is 0 Å². The van der Waals surface area contributed by atoms with Gasteiger partial charge in [0, 0.05) is 10.1 Å². The maximum Gasteiger partial charge on any atom is 0.357 e. The van der Waals surface area contributed by atoms with E-state index in [9.17, 15) is 13.2 Å². The van der Waals surface area contributed by atoms with E-state index in [-0.39, 0.29) is 21.6 Å². The number of sulfonamides is 1. The molecule has 0 spiro atoms. The van der Waals surface area contributed by atoms with Crippen molar-refractivity contribution in [3.63, 3.8) is 0 Å². The summed E-state index contributed by atoms with van der Waals surface area (Å²) in [6, 6.07) is 7.41. The minimum Gasteiger partial charge on any atom is -0.461 e. The number of nitrogens with zero attached hydrogens (tertiary/aromatic N) is 1. The van der Waals surface area contributed by atoms with Crippen molar-refractivity contribution >= 4 is 53.9 Å². The van der Waals surface area contributed by atoms with Gasteiger partial charge in [-0.1, -0.05) is 17.7 Å². The highest BCUT2D eigenvalue weighted by atomic mass is 32.2. The zero-order valence-electron chi connectivity index (χ0n) is 12.9. The Morgan fingerprint density at radius 1 is 1.33 bits per heavy atom. The Hall–Kier alpha value is -1.97. The second-order valence-electron chi connectivity index (χ2n) is 4.97. The van der Waals surface area contributed by atoms with Gasteiger partial charge in [-0.25, -0.2) is 18.2 Å². The van der Waals surface area contributed by atoms with Crippen molar-refractivity contribution in [2.45, 2.75) is 18.1 Å². The Morgan fingerprint density at radius 2 is 2.12 bits per heavy atom. The number of aromatic nitrogens is 1. The Labute approximate surface area is 147 Å². The maximum atomic E-state index is 12.5. The lowest BCUT2D eigenvalue weighted by Crippen LogP contribution is -2.12. The van der Waals surface area contributed by atoms with Crippen LogP contribution in [0.2, 0.25) is 0 Å². The van der Waals surface area contributed by atoms with Crippen molar-refractivity contribution in [2.24, 2.45) is 0 Å². The fourth-order valence-electron chi connectivity index (χ4n) is 2.06. The molecular formula is C15H14N2O4S3. The molecule has 1 aromatic carbocycles. The first-order valence-corrected chi connectivity index (χ1v) is 10.2. The Morgan fingerprint density at radius 3 is 2.88 bits per heavy atom. The molecule has 24 heavy (non-hydrogen) atoms. The topological polar surface area (TPSA) is 85.4 Å². The zero-order chi connectivity index (χ0) is 17.3. The number of thiazole rings is 1. The number of rotatable bonds is 5. The van der Waals surface area contributed by atoms with Crippen LogP contribution >= 0.6 is 22.7 Å². The number of nitrogens with one attached hydrogen (secondary N) is 1. The lowest BCUT2D eigenvalue weighted by molar-refractivity contribution is 0.0520. The van der Waals surface area contributed by atoms with Crippen LogP contribution in [-0.2, 0) is 14.8 Å². The number of aryl methyl sites for hydroxylation is 1. The van der Waals surface area contributed by atoms with E-state index in [0.29, 0.717) is 0 Å². The predicted octanol–water partition coefficient (Wildman–Crippen LogP) is 3.64. The largest absolute Gasteiger partial charge is 0.461 e. The van der Waals surface area contributed by atoms with Crippen LogP contribution in [0.5, 0.6) is 0 Å². The van der Waals surface area contributed by atoms with E-state index >= 15 is 0 Å². The van der Waals surface area contributed by atoms with Gasteiger partial charge >= 0.3 is 5.97 Å². The number of hydrogen-bond acceptors (Lipinski definition) is 7. The van der Waals surface area contributed by atoms with Gasteiger partial charge in [0.05, 0.1) is 6.61 Å². The molecule has 0 aliphatic heterocycles. The number of carbonyl (C=O) groups excluding carboxylic acids is 1. The van der Waals surface area contributed by atoms with Gasteiger partial charge in [0.15, 0.2) is 10.8 Å². The minimum atomic E-state index is -3.75. The monoisotopic (exact) mass is 382 g/mol. The molecule has 0 aliphatic carbocycles. The molecule has 0 atom stereocenters. The van der Waals surface area contributed by atoms with Gasteiger partial charge in [0.25, 0.3) is 10.0 Å². The van der Waals surface area contributed by atoms with E-state index in [4.69, 9.17) is 4.74 Å². The summed E-state index contributed by atoms with van der Waals surface area (Å²) in [7, 11) is -3.75. The summed E-state index contributed by atoms with van der Waals surface area (Å²) in [5.41, 5.74) is 1.16. The van der Waals surface area contributed by atoms with Crippen molar-refractivity contribution in [3.8, 4) is 0 Å². The Kier molecular flexibility index (Phi) is 4.57. The fourth-order valence-corrected chi connectivity index (χ4v) is 5.37. The number of ether oxygens (including phenoxy) is 1. The van der Waals surface area contributed by atoms with Crippen molar-refractivity contribution < 1.29 is 17.9 Å². The van der Waals surface area contributed by atoms with Gasteiger partial charge in [-0.05, 0) is 31.4 Å². The Balaban J connectivity index is 1.86. The fraction of sp³-hybridized carbons (Fsp3) is 0.200. The van der Waals surface area contributed by atoms with Crippen LogP contribution in [-0.4, -0.2) is 26.0 Å². The van der Waals surface area contributed by atoms with Gasteiger partial charge in [-0.2, -0.15) is 0 Å². The summed E-state index contributed by atoms with van der Waals surface area (Å²) in [5, 5.41) is 2.47. The molecule has 2 heterocycles. The SMILES string of the molecule is CCOC(=O)c1csc(NS(=O)(=O)c2cc3cc(C)ccc3s2)n1. The summed E-state index contributed by atoms with van der Waals surface area (Å²) in [6.45, 7) is 3.88. The maximum absolute atomic E-state index is 12.5. The summed E-state index contributed by atoms with van der Waals surface area (Å²) < 4.78 is 33.4. The van der Waals surface area contributed by atoms with Gasteiger partial charge in [-0.15, -0.1) is 22.7 Å². The third-order valence-electron chi connectivity index (χ3n) is 3.12. The van der Waals surface area contributed by atoms with Crippen LogP contribution < -0.4 is 4.72 Å². The molecule has 1 N–H and O–H groups in total. The van der Waals surface area contributed by atoms with Crippen LogP contribution in [0.4, 0.5) is 5.13 Å². The van der Waals surface area contributed by atoms with Crippen LogP contribution in [0.15, 0.2) is 33.9 Å². The van der Waals surface area contributed by atoms with Gasteiger partial charge in [-0.3, -0.25) is 4.72 Å². The molecule has 3 rings (SSSR count). The molecular weight excluding hydrogens is 368 g/mol. The summed E-state index contributed by atoms with van der Waals surface area (Å²) in [4.78, 5) is 15.6. The summed E-state index contributed by atoms with van der Waals surface area (Å²) in [6.07, 6.45) is 0. The third kappa shape index (κ3) is 3.42. The molecule has 0 unspecified atom stereocenters. The summed E-state index contributed by atoms with van der Waals surface area (Å²) in [5.74, 6) is -0.573. The number of anilines is 1. The lowest BCUT2D eigenvalue weighted by Gasteiger charge is -2.01. The number of thiophene rings is 1. The van der Waals surface area contributed by atoms with E-state index in [2.05, 4.69) is 9.71 Å². The number of esters is 1. The highest BCUT2D eigenvalue weighted by Gasteiger charge is 2.20. The molecule has 6 nitrogen and oxygen atoms in total. The van der Waals surface area contributed by atoms with Crippen LogP contribution in [0.25, 0.3) is 10.1 Å². The van der Waals surface area contributed by atoms with Crippen LogP contribution in [0, 0.1) is 6.92 Å². The van der Waals surface area contributed by atoms with Gasteiger partial charge in [0.2, 0.25) is 0 Å². The van der Waals surface area contributed by atoms with E-state index in [1.807, 2.05) is 25.1 Å². The van der Waals surface area contributed by atoms with E-state index in [1.54, 1.807) is 13.0 Å². The van der Waals surface area contributed by atoms with Gasteiger partial charge in [0.1, 0.15) is 4.21 Å². The molecule has 2 aromatic heterocycles. The molecule has 0 amide bonds. The predicted molar refractivity (Wildman–Crippen MR) is 95.4 cm³/mol. The van der Waals surface area contributed by atoms with Crippen LogP contribution in [0.3, 0.4) is 0 Å². The highest BCUT2D eigenvalue weighted by molar-refractivity contribution is 7.95. The smallest absolute Gasteiger partial charge is 0.357 e. The first-order chi connectivity index (χ1) is 11.4.